The van der Waals surface area contributed by atoms with Crippen LogP contribution in [-0.4, -0.2) is 59.0 Å². The van der Waals surface area contributed by atoms with E-state index in [4.69, 9.17) is 4.74 Å². The van der Waals surface area contributed by atoms with E-state index in [2.05, 4.69) is 53.7 Å². The summed E-state index contributed by atoms with van der Waals surface area (Å²) in [6.45, 7) is 5.63. The zero-order valence-corrected chi connectivity index (χ0v) is 23.1. The van der Waals surface area contributed by atoms with Crippen molar-refractivity contribution in [1.29, 1.82) is 0 Å². The summed E-state index contributed by atoms with van der Waals surface area (Å²) in [6, 6.07) is 12.6. The van der Waals surface area contributed by atoms with E-state index in [0.29, 0.717) is 13.0 Å². The van der Waals surface area contributed by atoms with Gasteiger partial charge in [0, 0.05) is 25.4 Å². The molecule has 206 valence electrons. The average Bonchev–Trinajstić information content (AvgIpc) is 3.37. The summed E-state index contributed by atoms with van der Waals surface area (Å²) in [6.07, 6.45) is 2.75. The Labute approximate surface area is 228 Å². The zero-order chi connectivity index (χ0) is 27.3. The van der Waals surface area contributed by atoms with Gasteiger partial charge in [0.15, 0.2) is 12.2 Å². The lowest BCUT2D eigenvalue weighted by Gasteiger charge is -2.20. The highest BCUT2D eigenvalue weighted by molar-refractivity contribution is 7.16. The molecule has 8 nitrogen and oxygen atoms in total. The maximum absolute atomic E-state index is 12.5. The Morgan fingerprint density at radius 1 is 0.974 bits per heavy atom. The van der Waals surface area contributed by atoms with Crippen molar-refractivity contribution in [2.45, 2.75) is 71.0 Å². The highest BCUT2D eigenvalue weighted by Gasteiger charge is 2.32. The first-order valence-corrected chi connectivity index (χ1v) is 14.2. The van der Waals surface area contributed by atoms with Gasteiger partial charge in [-0.15, -0.1) is 11.3 Å². The number of rotatable bonds is 17. The Morgan fingerprint density at radius 3 is 2.55 bits per heavy atom. The lowest BCUT2D eigenvalue weighted by atomic mass is 10.0. The van der Waals surface area contributed by atoms with Gasteiger partial charge in [-0.2, -0.15) is 0 Å². The molecule has 0 aliphatic rings. The van der Waals surface area contributed by atoms with Gasteiger partial charge in [0.05, 0.1) is 15.7 Å². The molecule has 2 atom stereocenters. The van der Waals surface area contributed by atoms with Crippen LogP contribution in [0.25, 0.3) is 10.2 Å². The highest BCUT2D eigenvalue weighted by Crippen LogP contribution is 2.21. The van der Waals surface area contributed by atoms with Gasteiger partial charge in [-0.25, -0.2) is 9.78 Å². The summed E-state index contributed by atoms with van der Waals surface area (Å²) in [5.41, 5.74) is 7.75. The maximum atomic E-state index is 12.5. The summed E-state index contributed by atoms with van der Waals surface area (Å²) in [4.78, 5) is 28.1. The number of aliphatic hydroxyl groups excluding tert-OH is 1. The van der Waals surface area contributed by atoms with Gasteiger partial charge in [-0.1, -0.05) is 24.6 Å². The topological polar surface area (TPSA) is 121 Å². The van der Waals surface area contributed by atoms with Gasteiger partial charge < -0.3 is 25.6 Å². The number of carbonyl (C=O) groups is 2. The highest BCUT2D eigenvalue weighted by atomic mass is 32.1. The molecule has 3 aromatic rings. The van der Waals surface area contributed by atoms with Crippen LogP contribution in [0.1, 0.15) is 55.2 Å². The first-order valence-electron chi connectivity index (χ1n) is 13.3. The van der Waals surface area contributed by atoms with E-state index in [-0.39, 0.29) is 6.61 Å². The van der Waals surface area contributed by atoms with Crippen molar-refractivity contribution in [3.63, 3.8) is 0 Å². The van der Waals surface area contributed by atoms with E-state index < -0.39 is 24.1 Å². The number of aromatic nitrogens is 1. The third kappa shape index (κ3) is 9.38. The van der Waals surface area contributed by atoms with Crippen molar-refractivity contribution in [1.82, 2.24) is 10.3 Å². The van der Waals surface area contributed by atoms with Crippen molar-refractivity contribution < 1.29 is 24.5 Å². The van der Waals surface area contributed by atoms with Gasteiger partial charge in [0.1, 0.15) is 0 Å². The number of thiazole rings is 1. The molecule has 1 heterocycles. The molecular formula is C29H39N3O5S. The normalized spacial score (nSPS) is 12.8. The summed E-state index contributed by atoms with van der Waals surface area (Å²) in [7, 11) is 0. The van der Waals surface area contributed by atoms with Gasteiger partial charge in [0.2, 0.25) is 0 Å². The Hall–Kier alpha value is -3.01. The van der Waals surface area contributed by atoms with E-state index in [0.717, 1.165) is 61.0 Å². The number of amides is 1. The number of hydrogen-bond donors (Lipinski definition) is 4. The number of carbonyl (C=O) groups excluding carboxylic acids is 1. The van der Waals surface area contributed by atoms with Crippen LogP contribution < -0.4 is 10.6 Å². The fourth-order valence-electron chi connectivity index (χ4n) is 4.15. The molecule has 0 fully saturated rings. The quantitative estimate of drug-likeness (QED) is 0.180. The monoisotopic (exact) mass is 541 g/mol. The fourth-order valence-corrected chi connectivity index (χ4v) is 4.87. The minimum absolute atomic E-state index is 0.217. The van der Waals surface area contributed by atoms with E-state index in [1.165, 1.54) is 16.7 Å². The average molecular weight is 542 g/mol. The SMILES string of the molecule is Cc1ccc(CCCCCOC(C(=O)NCCCCCNc2ccc3ncsc3c2)C(O)C(=O)O)cc1C. The molecule has 0 aliphatic heterocycles. The number of benzene rings is 2. The van der Waals surface area contributed by atoms with Crippen LogP contribution in [-0.2, 0) is 20.7 Å². The van der Waals surface area contributed by atoms with Crippen molar-refractivity contribution in [3.05, 3.63) is 58.6 Å². The first-order chi connectivity index (χ1) is 18.3. The largest absolute Gasteiger partial charge is 0.479 e. The van der Waals surface area contributed by atoms with E-state index >= 15 is 0 Å². The van der Waals surface area contributed by atoms with Crippen molar-refractivity contribution in [3.8, 4) is 0 Å². The summed E-state index contributed by atoms with van der Waals surface area (Å²) in [5.74, 6) is -2.06. The van der Waals surface area contributed by atoms with E-state index in [1.54, 1.807) is 11.3 Å². The number of fused-ring (bicyclic) bond motifs is 1. The number of ether oxygens (including phenoxy) is 1. The molecule has 0 aliphatic carbocycles. The number of nitrogens with zero attached hydrogens (tertiary/aromatic N) is 1. The lowest BCUT2D eigenvalue weighted by Crippen LogP contribution is -2.47. The third-order valence-corrected chi connectivity index (χ3v) is 7.38. The van der Waals surface area contributed by atoms with Gasteiger partial charge in [-0.05, 0) is 87.3 Å². The molecule has 9 heteroatoms. The van der Waals surface area contributed by atoms with Crippen molar-refractivity contribution >= 4 is 39.1 Å². The summed E-state index contributed by atoms with van der Waals surface area (Å²) in [5, 5.41) is 25.3. The predicted octanol–water partition coefficient (Wildman–Crippen LogP) is 4.86. The van der Waals surface area contributed by atoms with Crippen LogP contribution in [0.15, 0.2) is 41.9 Å². The molecular weight excluding hydrogens is 502 g/mol. The van der Waals surface area contributed by atoms with E-state index in [1.807, 2.05) is 17.6 Å². The van der Waals surface area contributed by atoms with Crippen LogP contribution in [0.3, 0.4) is 0 Å². The molecule has 0 saturated carbocycles. The number of nitrogens with one attached hydrogen (secondary N) is 2. The van der Waals surface area contributed by atoms with Crippen molar-refractivity contribution in [2.24, 2.45) is 0 Å². The first kappa shape index (κ1) is 29.5. The number of anilines is 1. The van der Waals surface area contributed by atoms with Crippen LogP contribution in [0.2, 0.25) is 0 Å². The molecule has 2 unspecified atom stereocenters. The minimum Gasteiger partial charge on any atom is -0.479 e. The Bertz CT molecular complexity index is 1180. The molecule has 0 radical (unpaired) electrons. The second-order valence-electron chi connectivity index (χ2n) is 9.62. The summed E-state index contributed by atoms with van der Waals surface area (Å²) < 4.78 is 6.68. The third-order valence-electron chi connectivity index (χ3n) is 6.59. The Balaban J connectivity index is 1.29. The molecule has 0 spiro atoms. The molecule has 2 aromatic carbocycles. The number of unbranched alkanes of at least 4 members (excludes halogenated alkanes) is 4. The van der Waals surface area contributed by atoms with E-state index in [9.17, 15) is 19.8 Å². The second-order valence-corrected chi connectivity index (χ2v) is 10.5. The molecule has 4 N–H and O–H groups in total. The molecule has 38 heavy (non-hydrogen) atoms. The minimum atomic E-state index is -1.90. The molecule has 1 amide bonds. The lowest BCUT2D eigenvalue weighted by molar-refractivity contribution is -0.162. The van der Waals surface area contributed by atoms with Gasteiger partial charge >= 0.3 is 5.97 Å². The van der Waals surface area contributed by atoms with Gasteiger partial charge in [-0.3, -0.25) is 4.79 Å². The second kappa shape index (κ2) is 15.4. The molecule has 0 bridgehead atoms. The van der Waals surface area contributed by atoms with Gasteiger partial charge in [0.25, 0.3) is 5.91 Å². The number of aliphatic carboxylic acids is 1. The Kier molecular flexibility index (Phi) is 12.0. The standard InChI is InChI=1S/C29H39N3O5S/c1-20-10-11-22(17-21(20)2)9-5-3-8-16-37-27(26(33)29(35)36)28(34)31-15-7-4-6-14-30-23-12-13-24-25(18-23)38-19-32-24/h10-13,17-19,26-27,30,33H,3-9,14-16H2,1-2H3,(H,31,34)(H,35,36). The van der Waals surface area contributed by atoms with Crippen LogP contribution in [0, 0.1) is 13.8 Å². The number of aryl methyl sites for hydroxylation is 3. The fraction of sp³-hybridized carbons (Fsp3) is 0.483. The number of carboxylic acid groups (broad SMARTS) is 1. The molecule has 0 saturated heterocycles. The molecule has 3 rings (SSSR count). The van der Waals surface area contributed by atoms with Crippen LogP contribution in [0.5, 0.6) is 0 Å². The number of carboxylic acids is 1. The zero-order valence-electron chi connectivity index (χ0n) is 22.2. The number of aliphatic hydroxyl groups is 1. The predicted molar refractivity (Wildman–Crippen MR) is 152 cm³/mol. The number of hydrogen-bond acceptors (Lipinski definition) is 7. The smallest absolute Gasteiger partial charge is 0.335 e. The van der Waals surface area contributed by atoms with Crippen molar-refractivity contribution in [2.75, 3.05) is 25.0 Å². The van der Waals surface area contributed by atoms with Crippen LogP contribution >= 0.6 is 11.3 Å². The summed E-state index contributed by atoms with van der Waals surface area (Å²) >= 11 is 1.61. The molecule has 1 aromatic heterocycles. The maximum Gasteiger partial charge on any atom is 0.335 e. The Morgan fingerprint density at radius 2 is 1.76 bits per heavy atom. The van der Waals surface area contributed by atoms with Crippen LogP contribution in [0.4, 0.5) is 5.69 Å².